The van der Waals surface area contributed by atoms with Crippen molar-refractivity contribution < 1.29 is 23.5 Å². The number of anilines is 2. The highest BCUT2D eigenvalue weighted by molar-refractivity contribution is 7.99. The van der Waals surface area contributed by atoms with E-state index in [2.05, 4.69) is 5.32 Å². The van der Waals surface area contributed by atoms with Crippen LogP contribution in [0.3, 0.4) is 0 Å². The number of nitrogens with zero attached hydrogens (tertiary/aromatic N) is 2. The lowest BCUT2D eigenvalue weighted by molar-refractivity contribution is -0.155. The molecule has 3 rings (SSSR count). The summed E-state index contributed by atoms with van der Waals surface area (Å²) in [6.45, 7) is 0.971. The summed E-state index contributed by atoms with van der Waals surface area (Å²) in [4.78, 5) is 40.1. The summed E-state index contributed by atoms with van der Waals surface area (Å²) in [5.74, 6) is -0.348. The number of benzene rings is 1. The third-order valence-corrected chi connectivity index (χ3v) is 5.72. The van der Waals surface area contributed by atoms with E-state index in [0.29, 0.717) is 17.2 Å². The second-order valence-electron chi connectivity index (χ2n) is 6.74. The Morgan fingerprint density at radius 2 is 1.97 bits per heavy atom. The Bertz CT molecular complexity index is 867. The number of rotatable bonds is 6. The van der Waals surface area contributed by atoms with Gasteiger partial charge in [0.25, 0.3) is 5.91 Å². The molecule has 0 radical (unpaired) electrons. The van der Waals surface area contributed by atoms with E-state index in [1.807, 2.05) is 31.1 Å². The predicted octanol–water partition coefficient (Wildman–Crippen LogP) is 2.49. The van der Waals surface area contributed by atoms with Gasteiger partial charge in [-0.05, 0) is 36.4 Å². The third-order valence-electron chi connectivity index (χ3n) is 4.44. The highest BCUT2D eigenvalue weighted by Gasteiger charge is 2.43. The first-order valence-electron chi connectivity index (χ1n) is 9.04. The molecule has 1 N–H and O–H groups in total. The van der Waals surface area contributed by atoms with Crippen LogP contribution in [0.5, 0.6) is 0 Å². The second kappa shape index (κ2) is 9.04. The zero-order chi connectivity index (χ0) is 21.0. The van der Waals surface area contributed by atoms with Crippen molar-refractivity contribution >= 4 is 40.9 Å². The number of thioether (sulfide) groups is 1. The average molecular weight is 417 g/mol. The Kier molecular flexibility index (Phi) is 6.48. The van der Waals surface area contributed by atoms with Gasteiger partial charge in [-0.25, -0.2) is 4.79 Å². The van der Waals surface area contributed by atoms with Crippen LogP contribution < -0.4 is 10.2 Å². The molecule has 29 heavy (non-hydrogen) atoms. The van der Waals surface area contributed by atoms with E-state index >= 15 is 0 Å². The first-order chi connectivity index (χ1) is 13.9. The van der Waals surface area contributed by atoms with E-state index < -0.39 is 24.5 Å². The molecule has 0 spiro atoms. The van der Waals surface area contributed by atoms with Crippen molar-refractivity contribution in [3.63, 3.8) is 0 Å². The molecule has 2 atom stereocenters. The fourth-order valence-electron chi connectivity index (χ4n) is 3.00. The molecule has 1 fully saturated rings. The minimum Gasteiger partial charge on any atom is -0.466 e. The monoisotopic (exact) mass is 417 g/mol. The minimum atomic E-state index is -0.764. The van der Waals surface area contributed by atoms with Gasteiger partial charge < -0.3 is 24.3 Å². The molecule has 8 nitrogen and oxygen atoms in total. The maximum atomic E-state index is 12.5. The minimum absolute atomic E-state index is 0.260. The maximum Gasteiger partial charge on any atom is 0.330 e. The van der Waals surface area contributed by atoms with E-state index in [1.54, 1.807) is 24.3 Å². The topological polar surface area (TPSA) is 92.1 Å². The second-order valence-corrected chi connectivity index (χ2v) is 7.85. The number of ether oxygens (including phenoxy) is 1. The molecular weight excluding hydrogens is 394 g/mol. The van der Waals surface area contributed by atoms with Crippen LogP contribution >= 0.6 is 11.8 Å². The summed E-state index contributed by atoms with van der Waals surface area (Å²) in [6, 6.07) is 10.0. The SMILES string of the molecule is CC(=O)N1[C@@H](C(=O)OCC(=O)Nc2ccc(N(C)C)cc2)CS[C@@H]1c1ccco1. The molecule has 2 aromatic rings. The van der Waals surface area contributed by atoms with E-state index in [1.165, 1.54) is 29.8 Å². The molecule has 1 saturated heterocycles. The zero-order valence-electron chi connectivity index (χ0n) is 16.5. The number of nitrogens with one attached hydrogen (secondary N) is 1. The number of hydrogen-bond donors (Lipinski definition) is 1. The lowest BCUT2D eigenvalue weighted by Gasteiger charge is -2.25. The molecule has 1 aliphatic rings. The molecule has 0 aliphatic carbocycles. The molecule has 2 heterocycles. The van der Waals surface area contributed by atoms with E-state index in [4.69, 9.17) is 9.15 Å². The Labute approximate surface area is 173 Å². The number of furan rings is 1. The first-order valence-corrected chi connectivity index (χ1v) is 10.1. The van der Waals surface area contributed by atoms with E-state index in [0.717, 1.165) is 5.69 Å². The smallest absolute Gasteiger partial charge is 0.330 e. The molecule has 0 saturated carbocycles. The fourth-order valence-corrected chi connectivity index (χ4v) is 4.41. The summed E-state index contributed by atoms with van der Waals surface area (Å²) in [5, 5.41) is 2.30. The number of carbonyl (C=O) groups is 3. The molecular formula is C20H23N3O5S. The van der Waals surface area contributed by atoms with Gasteiger partial charge in [0.05, 0.1) is 6.26 Å². The van der Waals surface area contributed by atoms with Gasteiger partial charge in [0, 0.05) is 38.1 Å². The van der Waals surface area contributed by atoms with Gasteiger partial charge in [0.1, 0.15) is 17.2 Å². The molecule has 9 heteroatoms. The molecule has 2 amide bonds. The number of carbonyl (C=O) groups excluding carboxylic acids is 3. The molecule has 154 valence electrons. The maximum absolute atomic E-state index is 12.5. The van der Waals surface area contributed by atoms with Crippen molar-refractivity contribution in [1.29, 1.82) is 0 Å². The number of amides is 2. The number of esters is 1. The number of hydrogen-bond acceptors (Lipinski definition) is 7. The zero-order valence-corrected chi connectivity index (χ0v) is 17.3. The average Bonchev–Trinajstić information content (AvgIpc) is 3.35. The standard InChI is InChI=1S/C20H23N3O5S/c1-13(24)23-16(12-29-19(23)17-5-4-10-27-17)20(26)28-11-18(25)21-14-6-8-15(9-7-14)22(2)3/h4-10,16,19H,11-12H2,1-3H3,(H,21,25)/t16-,19-/m1/s1. The van der Waals surface area contributed by atoms with E-state index in [-0.39, 0.29) is 11.3 Å². The Morgan fingerprint density at radius 3 is 2.55 bits per heavy atom. The van der Waals surface area contributed by atoms with Crippen LogP contribution in [0.25, 0.3) is 0 Å². The quantitative estimate of drug-likeness (QED) is 0.722. The summed E-state index contributed by atoms with van der Waals surface area (Å²) in [7, 11) is 3.85. The van der Waals surface area contributed by atoms with Crippen LogP contribution in [0.2, 0.25) is 0 Å². The van der Waals surface area contributed by atoms with Gasteiger partial charge in [-0.15, -0.1) is 11.8 Å². The summed E-state index contributed by atoms with van der Waals surface area (Å²) in [5.41, 5.74) is 1.61. The van der Waals surface area contributed by atoms with Gasteiger partial charge in [-0.2, -0.15) is 0 Å². The van der Waals surface area contributed by atoms with Gasteiger partial charge in [0.2, 0.25) is 5.91 Å². The van der Waals surface area contributed by atoms with Crippen molar-refractivity contribution in [2.75, 3.05) is 36.7 Å². The van der Waals surface area contributed by atoms with Crippen LogP contribution in [0.4, 0.5) is 11.4 Å². The lowest BCUT2D eigenvalue weighted by Crippen LogP contribution is -2.43. The molecule has 1 aromatic heterocycles. The van der Waals surface area contributed by atoms with Crippen molar-refractivity contribution in [2.24, 2.45) is 0 Å². The highest BCUT2D eigenvalue weighted by Crippen LogP contribution is 2.41. The van der Waals surface area contributed by atoms with Crippen LogP contribution in [-0.2, 0) is 19.1 Å². The summed E-state index contributed by atoms with van der Waals surface area (Å²) >= 11 is 1.42. The van der Waals surface area contributed by atoms with Gasteiger partial charge in [0.15, 0.2) is 6.61 Å². The van der Waals surface area contributed by atoms with Crippen molar-refractivity contribution in [3.05, 3.63) is 48.4 Å². The predicted molar refractivity (Wildman–Crippen MR) is 111 cm³/mol. The highest BCUT2D eigenvalue weighted by atomic mass is 32.2. The van der Waals surface area contributed by atoms with Crippen molar-refractivity contribution in [3.8, 4) is 0 Å². The Morgan fingerprint density at radius 1 is 1.24 bits per heavy atom. The van der Waals surface area contributed by atoms with Gasteiger partial charge in [-0.1, -0.05) is 0 Å². The Balaban J connectivity index is 1.55. The first kappa shape index (κ1) is 20.8. The van der Waals surface area contributed by atoms with Gasteiger partial charge in [-0.3, -0.25) is 9.59 Å². The third kappa shape index (κ3) is 4.92. The molecule has 1 aromatic carbocycles. The molecule has 1 aliphatic heterocycles. The van der Waals surface area contributed by atoms with E-state index in [9.17, 15) is 14.4 Å². The summed E-state index contributed by atoms with van der Waals surface area (Å²) in [6.07, 6.45) is 1.52. The van der Waals surface area contributed by atoms with Crippen molar-refractivity contribution in [2.45, 2.75) is 18.3 Å². The van der Waals surface area contributed by atoms with Gasteiger partial charge >= 0.3 is 5.97 Å². The van der Waals surface area contributed by atoms with Crippen LogP contribution in [0.1, 0.15) is 18.1 Å². The van der Waals surface area contributed by atoms with Crippen molar-refractivity contribution in [1.82, 2.24) is 4.90 Å². The lowest BCUT2D eigenvalue weighted by atomic mass is 10.2. The van der Waals surface area contributed by atoms with Crippen LogP contribution in [0.15, 0.2) is 47.1 Å². The molecule has 0 bridgehead atoms. The Hall–Kier alpha value is -2.94. The largest absolute Gasteiger partial charge is 0.466 e. The normalized spacial score (nSPS) is 18.4. The van der Waals surface area contributed by atoms with Crippen LogP contribution in [-0.4, -0.2) is 55.2 Å². The fraction of sp³-hybridized carbons (Fsp3) is 0.350. The van der Waals surface area contributed by atoms with Crippen LogP contribution in [0, 0.1) is 0 Å². The molecule has 0 unspecified atom stereocenters. The summed E-state index contributed by atoms with van der Waals surface area (Å²) < 4.78 is 10.6.